The van der Waals surface area contributed by atoms with E-state index in [-0.39, 0.29) is 11.1 Å². The number of hydrogen-bond donors (Lipinski definition) is 1. The summed E-state index contributed by atoms with van der Waals surface area (Å²) in [5.74, 6) is -0.814. The summed E-state index contributed by atoms with van der Waals surface area (Å²) in [5.41, 5.74) is 0.269. The highest BCUT2D eigenvalue weighted by atomic mass is 35.5. The summed E-state index contributed by atoms with van der Waals surface area (Å²) in [6, 6.07) is 13.9. The van der Waals surface area contributed by atoms with Crippen LogP contribution >= 0.6 is 11.6 Å². The average Bonchev–Trinajstić information content (AvgIpc) is 3.17. The van der Waals surface area contributed by atoms with E-state index in [1.807, 2.05) is 37.6 Å². The van der Waals surface area contributed by atoms with Gasteiger partial charge >= 0.3 is 6.18 Å². The molecular weight excluding hydrogens is 439 g/mol. The third-order valence-corrected chi connectivity index (χ3v) is 5.33. The minimum absolute atomic E-state index is 0.117. The number of alkyl halides is 3. The number of benzene rings is 2. The van der Waals surface area contributed by atoms with Crippen LogP contribution in [0, 0.1) is 0 Å². The third-order valence-electron chi connectivity index (χ3n) is 5.08. The maximum atomic E-state index is 13.3. The number of halogens is 4. The molecule has 0 bridgehead atoms. The summed E-state index contributed by atoms with van der Waals surface area (Å²) in [5, 5.41) is 7.06. The summed E-state index contributed by atoms with van der Waals surface area (Å²) in [4.78, 5) is 12.9. The van der Waals surface area contributed by atoms with Gasteiger partial charge in [-0.25, -0.2) is 0 Å². The van der Waals surface area contributed by atoms with E-state index in [1.54, 1.807) is 42.6 Å². The van der Waals surface area contributed by atoms with E-state index in [0.29, 0.717) is 16.1 Å². The van der Waals surface area contributed by atoms with Gasteiger partial charge in [0, 0.05) is 22.3 Å². The van der Waals surface area contributed by atoms with Gasteiger partial charge in [0.15, 0.2) is 0 Å². The smallest absolute Gasteiger partial charge is 0.338 e. The Morgan fingerprint density at radius 2 is 1.50 bits per heavy atom. The second kappa shape index (κ2) is 8.28. The van der Waals surface area contributed by atoms with Crippen molar-refractivity contribution in [2.45, 2.75) is 51.9 Å². The fraction of sp³-hybridized carbons (Fsp3) is 0.333. The molecule has 0 aliphatic rings. The number of rotatable bonds is 4. The quantitative estimate of drug-likeness (QED) is 0.468. The lowest BCUT2D eigenvalue weighted by atomic mass is 9.96. The van der Waals surface area contributed by atoms with E-state index in [2.05, 4.69) is 10.4 Å². The summed E-state index contributed by atoms with van der Waals surface area (Å²) in [7, 11) is 0. The standard InChI is InChI=1S/C24H25ClF3N3O/c1-22(2,3)31-20(10-11-29-31)17-12-16(15-6-8-19(25)9-7-15)13-18(14-17)21(32)30-23(4,5)24(26,27)28/h6-14H,1-5H3,(H,30,32). The minimum Gasteiger partial charge on any atom is -0.338 e. The van der Waals surface area contributed by atoms with Crippen molar-refractivity contribution in [3.63, 3.8) is 0 Å². The first kappa shape index (κ1) is 23.9. The zero-order chi connectivity index (χ0) is 23.9. The molecule has 1 aromatic heterocycles. The zero-order valence-electron chi connectivity index (χ0n) is 18.5. The van der Waals surface area contributed by atoms with Gasteiger partial charge in [-0.05, 0) is 82.1 Å². The lowest BCUT2D eigenvalue weighted by Gasteiger charge is -2.29. The third kappa shape index (κ3) is 4.99. The van der Waals surface area contributed by atoms with E-state index in [1.165, 1.54) is 0 Å². The van der Waals surface area contributed by atoms with Crippen LogP contribution in [0.5, 0.6) is 0 Å². The van der Waals surface area contributed by atoms with Crippen LogP contribution in [-0.2, 0) is 5.54 Å². The second-order valence-corrected chi connectivity index (χ2v) is 9.62. The van der Waals surface area contributed by atoms with Crippen molar-refractivity contribution in [3.8, 4) is 22.4 Å². The van der Waals surface area contributed by atoms with Crippen molar-refractivity contribution in [2.75, 3.05) is 0 Å². The Hall–Kier alpha value is -2.80. The molecule has 0 aliphatic heterocycles. The lowest BCUT2D eigenvalue weighted by Crippen LogP contribution is -2.54. The monoisotopic (exact) mass is 463 g/mol. The molecule has 1 heterocycles. The first-order valence-corrected chi connectivity index (χ1v) is 10.4. The lowest BCUT2D eigenvalue weighted by molar-refractivity contribution is -0.182. The van der Waals surface area contributed by atoms with Gasteiger partial charge in [-0.3, -0.25) is 9.48 Å². The maximum Gasteiger partial charge on any atom is 0.410 e. The van der Waals surface area contributed by atoms with Crippen molar-refractivity contribution >= 4 is 17.5 Å². The van der Waals surface area contributed by atoms with Crippen molar-refractivity contribution in [1.82, 2.24) is 15.1 Å². The topological polar surface area (TPSA) is 46.9 Å². The predicted molar refractivity (Wildman–Crippen MR) is 121 cm³/mol. The Kier molecular flexibility index (Phi) is 6.17. The van der Waals surface area contributed by atoms with Gasteiger partial charge in [-0.15, -0.1) is 0 Å². The van der Waals surface area contributed by atoms with Gasteiger partial charge in [0.25, 0.3) is 5.91 Å². The summed E-state index contributed by atoms with van der Waals surface area (Å²) in [6.45, 7) is 7.84. The fourth-order valence-corrected chi connectivity index (χ4v) is 3.32. The minimum atomic E-state index is -4.59. The molecule has 0 aliphatic carbocycles. The molecule has 2 aromatic carbocycles. The summed E-state index contributed by atoms with van der Waals surface area (Å²) >= 11 is 6.00. The normalized spacial score (nSPS) is 12.7. The first-order valence-electron chi connectivity index (χ1n) is 10.0. The van der Waals surface area contributed by atoms with Crippen LogP contribution < -0.4 is 5.32 Å². The Morgan fingerprint density at radius 1 is 0.906 bits per heavy atom. The van der Waals surface area contributed by atoms with Crippen LogP contribution in [0.15, 0.2) is 54.7 Å². The molecule has 1 N–H and O–H groups in total. The molecule has 0 saturated carbocycles. The number of hydrogen-bond acceptors (Lipinski definition) is 2. The van der Waals surface area contributed by atoms with Gasteiger partial charge in [-0.2, -0.15) is 18.3 Å². The SMILES string of the molecule is CC(C)(C)n1nccc1-c1cc(C(=O)NC(C)(C)C(F)(F)F)cc(-c2ccc(Cl)cc2)c1. The Labute approximate surface area is 190 Å². The van der Waals surface area contributed by atoms with Gasteiger partial charge in [0.1, 0.15) is 5.54 Å². The van der Waals surface area contributed by atoms with Gasteiger partial charge in [0.05, 0.1) is 11.2 Å². The molecule has 3 aromatic rings. The van der Waals surface area contributed by atoms with Crippen molar-refractivity contribution in [1.29, 1.82) is 0 Å². The molecule has 0 unspecified atom stereocenters. The fourth-order valence-electron chi connectivity index (χ4n) is 3.20. The Balaban J connectivity index is 2.15. The number of carbonyl (C=O) groups excluding carboxylic acids is 1. The van der Waals surface area contributed by atoms with Crippen LogP contribution in [-0.4, -0.2) is 27.4 Å². The van der Waals surface area contributed by atoms with Gasteiger partial charge in [0.2, 0.25) is 0 Å². The summed E-state index contributed by atoms with van der Waals surface area (Å²) < 4.78 is 41.8. The zero-order valence-corrected chi connectivity index (χ0v) is 19.3. The molecule has 0 saturated heterocycles. The highest BCUT2D eigenvalue weighted by Gasteiger charge is 2.48. The first-order chi connectivity index (χ1) is 14.7. The predicted octanol–water partition coefficient (Wildman–Crippen LogP) is 6.70. The second-order valence-electron chi connectivity index (χ2n) is 9.18. The van der Waals surface area contributed by atoms with Crippen LogP contribution in [0.1, 0.15) is 45.0 Å². The van der Waals surface area contributed by atoms with E-state index in [4.69, 9.17) is 11.6 Å². The van der Waals surface area contributed by atoms with Crippen LogP contribution in [0.2, 0.25) is 5.02 Å². The summed E-state index contributed by atoms with van der Waals surface area (Å²) in [6.07, 6.45) is -2.94. The molecule has 8 heteroatoms. The number of aromatic nitrogens is 2. The van der Waals surface area contributed by atoms with Crippen molar-refractivity contribution < 1.29 is 18.0 Å². The van der Waals surface area contributed by atoms with Crippen LogP contribution in [0.3, 0.4) is 0 Å². The number of carbonyl (C=O) groups is 1. The highest BCUT2D eigenvalue weighted by molar-refractivity contribution is 6.30. The van der Waals surface area contributed by atoms with E-state index in [0.717, 1.165) is 25.1 Å². The molecule has 0 atom stereocenters. The Morgan fingerprint density at radius 3 is 2.06 bits per heavy atom. The molecule has 0 spiro atoms. The number of nitrogens with one attached hydrogen (secondary N) is 1. The largest absolute Gasteiger partial charge is 0.410 e. The Bertz CT molecular complexity index is 1130. The van der Waals surface area contributed by atoms with Crippen molar-refractivity contribution in [3.05, 3.63) is 65.3 Å². The highest BCUT2D eigenvalue weighted by Crippen LogP contribution is 2.33. The molecule has 3 rings (SSSR count). The molecule has 0 radical (unpaired) electrons. The molecule has 4 nitrogen and oxygen atoms in total. The number of amides is 1. The molecular formula is C24H25ClF3N3O. The molecule has 170 valence electrons. The van der Waals surface area contributed by atoms with E-state index < -0.39 is 17.6 Å². The van der Waals surface area contributed by atoms with Crippen LogP contribution in [0.25, 0.3) is 22.4 Å². The van der Waals surface area contributed by atoms with E-state index >= 15 is 0 Å². The van der Waals surface area contributed by atoms with Crippen molar-refractivity contribution in [2.24, 2.45) is 0 Å². The average molecular weight is 464 g/mol. The number of nitrogens with zero attached hydrogens (tertiary/aromatic N) is 2. The molecule has 32 heavy (non-hydrogen) atoms. The van der Waals surface area contributed by atoms with Gasteiger partial charge in [-0.1, -0.05) is 23.7 Å². The van der Waals surface area contributed by atoms with E-state index in [9.17, 15) is 18.0 Å². The molecule has 0 fully saturated rings. The van der Waals surface area contributed by atoms with Crippen LogP contribution in [0.4, 0.5) is 13.2 Å². The van der Waals surface area contributed by atoms with Gasteiger partial charge < -0.3 is 5.32 Å². The maximum absolute atomic E-state index is 13.3. The molecule has 1 amide bonds.